The van der Waals surface area contributed by atoms with Crippen molar-refractivity contribution < 1.29 is 4.74 Å². The van der Waals surface area contributed by atoms with Gasteiger partial charge in [0, 0.05) is 18.7 Å². The van der Waals surface area contributed by atoms with E-state index in [1.165, 1.54) is 38.8 Å². The van der Waals surface area contributed by atoms with Gasteiger partial charge < -0.3 is 14.2 Å². The van der Waals surface area contributed by atoms with Crippen molar-refractivity contribution in [3.05, 3.63) is 29.0 Å². The zero-order valence-corrected chi connectivity index (χ0v) is 16.7. The minimum absolute atomic E-state index is 0.529. The molecule has 0 saturated carbocycles. The molecule has 0 fully saturated rings. The maximum Gasteiger partial charge on any atom is 0.135 e. The minimum atomic E-state index is 0.529. The van der Waals surface area contributed by atoms with Crippen molar-refractivity contribution in [2.24, 2.45) is 0 Å². The first kappa shape index (κ1) is 20.2. The first-order valence-electron chi connectivity index (χ1n) is 9.55. The number of halogens is 1. The third-order valence-corrected chi connectivity index (χ3v) is 4.81. The standard InChI is InChI=1S/C20H32ClN3O/c1-4-6-11-23(12-7-5-2)13-8-14-24-19-10-9-17(21)15-18(19)22-20(24)16-25-3/h9-10,15H,4-8,11-14,16H2,1-3H3. The SMILES string of the molecule is CCCCN(CCCC)CCCn1c(COC)nc2cc(Cl)ccc21. The molecule has 0 amide bonds. The maximum atomic E-state index is 6.11. The molecule has 1 aromatic carbocycles. The average Bonchev–Trinajstić information content (AvgIpc) is 2.93. The summed E-state index contributed by atoms with van der Waals surface area (Å²) >= 11 is 6.11. The van der Waals surface area contributed by atoms with Crippen molar-refractivity contribution in [2.45, 2.75) is 59.1 Å². The van der Waals surface area contributed by atoms with Crippen molar-refractivity contribution in [3.8, 4) is 0 Å². The number of benzene rings is 1. The Hall–Kier alpha value is -1.10. The topological polar surface area (TPSA) is 30.3 Å². The summed E-state index contributed by atoms with van der Waals surface area (Å²) in [6, 6.07) is 5.94. The summed E-state index contributed by atoms with van der Waals surface area (Å²) in [6.45, 7) is 9.58. The van der Waals surface area contributed by atoms with Gasteiger partial charge in [0.25, 0.3) is 0 Å². The number of hydrogen-bond donors (Lipinski definition) is 0. The van der Waals surface area contributed by atoms with Crippen LogP contribution in [0, 0.1) is 0 Å². The number of methoxy groups -OCH3 is 1. The Morgan fingerprint density at radius 3 is 2.40 bits per heavy atom. The molecule has 4 nitrogen and oxygen atoms in total. The lowest BCUT2D eigenvalue weighted by molar-refractivity contribution is 0.174. The molecule has 0 spiro atoms. The summed E-state index contributed by atoms with van der Waals surface area (Å²) in [5.41, 5.74) is 2.10. The predicted molar refractivity (Wildman–Crippen MR) is 106 cm³/mol. The van der Waals surface area contributed by atoms with Crippen molar-refractivity contribution in [1.82, 2.24) is 14.5 Å². The van der Waals surface area contributed by atoms with Crippen LogP contribution in [-0.4, -0.2) is 41.2 Å². The summed E-state index contributed by atoms with van der Waals surface area (Å²) in [6.07, 6.45) is 6.20. The monoisotopic (exact) mass is 365 g/mol. The van der Waals surface area contributed by atoms with Crippen LogP contribution in [-0.2, 0) is 17.9 Å². The van der Waals surface area contributed by atoms with Crippen LogP contribution in [0.1, 0.15) is 51.8 Å². The quantitative estimate of drug-likeness (QED) is 0.522. The fourth-order valence-electron chi connectivity index (χ4n) is 3.19. The lowest BCUT2D eigenvalue weighted by Crippen LogP contribution is -2.28. The van der Waals surface area contributed by atoms with Crippen LogP contribution in [0.4, 0.5) is 0 Å². The van der Waals surface area contributed by atoms with Crippen LogP contribution >= 0.6 is 11.6 Å². The lowest BCUT2D eigenvalue weighted by atomic mass is 10.2. The first-order chi connectivity index (χ1) is 12.2. The molecule has 0 atom stereocenters. The Labute approximate surface area is 157 Å². The van der Waals surface area contributed by atoms with Gasteiger partial charge in [-0.05, 0) is 57.1 Å². The number of unbranched alkanes of at least 4 members (excludes halogenated alkanes) is 2. The molecule has 140 valence electrons. The average molecular weight is 366 g/mol. The fraction of sp³-hybridized carbons (Fsp3) is 0.650. The van der Waals surface area contributed by atoms with Crippen LogP contribution in [0.5, 0.6) is 0 Å². The highest BCUT2D eigenvalue weighted by molar-refractivity contribution is 6.31. The van der Waals surface area contributed by atoms with Gasteiger partial charge in [-0.15, -0.1) is 0 Å². The number of nitrogens with zero attached hydrogens (tertiary/aromatic N) is 3. The van der Waals surface area contributed by atoms with E-state index < -0.39 is 0 Å². The first-order valence-corrected chi connectivity index (χ1v) is 9.93. The molecular formula is C20H32ClN3O. The van der Waals surface area contributed by atoms with Gasteiger partial charge in [0.2, 0.25) is 0 Å². The molecule has 2 rings (SSSR count). The normalized spacial score (nSPS) is 11.7. The van der Waals surface area contributed by atoms with Crippen molar-refractivity contribution in [2.75, 3.05) is 26.7 Å². The van der Waals surface area contributed by atoms with Crippen molar-refractivity contribution >= 4 is 22.6 Å². The van der Waals surface area contributed by atoms with Crippen LogP contribution in [0.2, 0.25) is 5.02 Å². The Balaban J connectivity index is 2.03. The molecule has 0 aliphatic carbocycles. The molecular weight excluding hydrogens is 334 g/mol. The molecule has 0 saturated heterocycles. The van der Waals surface area contributed by atoms with E-state index in [4.69, 9.17) is 21.3 Å². The number of hydrogen-bond acceptors (Lipinski definition) is 3. The molecule has 0 radical (unpaired) electrons. The summed E-state index contributed by atoms with van der Waals surface area (Å²) in [5, 5.41) is 0.728. The molecule has 1 heterocycles. The number of ether oxygens (including phenoxy) is 1. The second kappa shape index (κ2) is 10.8. The zero-order chi connectivity index (χ0) is 18.1. The Morgan fingerprint density at radius 2 is 1.76 bits per heavy atom. The molecule has 0 N–H and O–H groups in total. The molecule has 25 heavy (non-hydrogen) atoms. The Morgan fingerprint density at radius 1 is 1.08 bits per heavy atom. The second-order valence-corrected chi connectivity index (χ2v) is 7.08. The predicted octanol–water partition coefficient (Wildman–Crippen LogP) is 5.13. The van der Waals surface area contributed by atoms with Crippen molar-refractivity contribution in [3.63, 3.8) is 0 Å². The summed E-state index contributed by atoms with van der Waals surface area (Å²) < 4.78 is 7.62. The lowest BCUT2D eigenvalue weighted by Gasteiger charge is -2.22. The Kier molecular flexibility index (Phi) is 8.73. The number of aromatic nitrogens is 2. The van der Waals surface area contributed by atoms with E-state index in [9.17, 15) is 0 Å². The second-order valence-electron chi connectivity index (χ2n) is 6.65. The highest BCUT2D eigenvalue weighted by Crippen LogP contribution is 2.21. The summed E-state index contributed by atoms with van der Waals surface area (Å²) in [7, 11) is 1.72. The van der Waals surface area contributed by atoms with Crippen LogP contribution in [0.3, 0.4) is 0 Å². The number of imidazole rings is 1. The van der Waals surface area contributed by atoms with Gasteiger partial charge in [0.05, 0.1) is 11.0 Å². The number of rotatable bonds is 12. The van der Waals surface area contributed by atoms with Crippen molar-refractivity contribution in [1.29, 1.82) is 0 Å². The van der Waals surface area contributed by atoms with E-state index in [1.54, 1.807) is 7.11 Å². The molecule has 0 bridgehead atoms. The molecule has 5 heteroatoms. The zero-order valence-electron chi connectivity index (χ0n) is 15.9. The summed E-state index contributed by atoms with van der Waals surface area (Å²) in [4.78, 5) is 7.31. The summed E-state index contributed by atoms with van der Waals surface area (Å²) in [5.74, 6) is 0.980. The third-order valence-electron chi connectivity index (χ3n) is 4.57. The highest BCUT2D eigenvalue weighted by atomic mass is 35.5. The van der Waals surface area contributed by atoms with Gasteiger partial charge in [0.1, 0.15) is 12.4 Å². The van der Waals surface area contributed by atoms with E-state index in [2.05, 4.69) is 29.4 Å². The van der Waals surface area contributed by atoms with E-state index in [-0.39, 0.29) is 0 Å². The smallest absolute Gasteiger partial charge is 0.135 e. The number of aryl methyl sites for hydroxylation is 1. The third kappa shape index (κ3) is 5.98. The van der Waals surface area contributed by atoms with Gasteiger partial charge in [0.15, 0.2) is 0 Å². The fourth-order valence-corrected chi connectivity index (χ4v) is 3.36. The number of fused-ring (bicyclic) bond motifs is 1. The van der Waals surface area contributed by atoms with E-state index in [0.717, 1.165) is 41.4 Å². The van der Waals surface area contributed by atoms with E-state index in [0.29, 0.717) is 6.61 Å². The molecule has 0 aliphatic heterocycles. The van der Waals surface area contributed by atoms with Gasteiger partial charge in [-0.25, -0.2) is 4.98 Å². The van der Waals surface area contributed by atoms with Gasteiger partial charge >= 0.3 is 0 Å². The van der Waals surface area contributed by atoms with Gasteiger partial charge in [-0.2, -0.15) is 0 Å². The Bertz CT molecular complexity index is 633. The minimum Gasteiger partial charge on any atom is -0.377 e. The molecule has 0 aliphatic rings. The molecule has 2 aromatic rings. The van der Waals surface area contributed by atoms with Crippen LogP contribution < -0.4 is 0 Å². The van der Waals surface area contributed by atoms with E-state index in [1.807, 2.05) is 12.1 Å². The highest BCUT2D eigenvalue weighted by Gasteiger charge is 2.12. The van der Waals surface area contributed by atoms with Gasteiger partial charge in [-0.1, -0.05) is 38.3 Å². The molecule has 0 unspecified atom stereocenters. The van der Waals surface area contributed by atoms with Crippen LogP contribution in [0.25, 0.3) is 11.0 Å². The van der Waals surface area contributed by atoms with Crippen LogP contribution in [0.15, 0.2) is 18.2 Å². The molecule has 1 aromatic heterocycles. The maximum absolute atomic E-state index is 6.11. The largest absolute Gasteiger partial charge is 0.377 e. The van der Waals surface area contributed by atoms with Gasteiger partial charge in [-0.3, -0.25) is 0 Å². The van der Waals surface area contributed by atoms with E-state index >= 15 is 0 Å².